The fraction of sp³-hybridized carbons (Fsp3) is 0.410. The molecule has 2 aromatic heterocycles. The van der Waals surface area contributed by atoms with Crippen LogP contribution >= 0.6 is 0 Å². The summed E-state index contributed by atoms with van der Waals surface area (Å²) in [6.45, 7) is 10.4. The number of unbranched alkanes of at least 4 members (excludes halogenated alkanes) is 2. The molecule has 1 aliphatic heterocycles. The molecule has 272 valence electrons. The minimum Gasteiger partial charge on any atom is -0.507 e. The summed E-state index contributed by atoms with van der Waals surface area (Å²) in [5.41, 5.74) is -1.20. The summed E-state index contributed by atoms with van der Waals surface area (Å²) in [5.74, 6) is -1.68. The molecule has 1 aliphatic carbocycles. The molecule has 1 unspecified atom stereocenters. The Bertz CT molecular complexity index is 2360. The molecule has 2 aromatic carbocycles. The maximum atomic E-state index is 13.5. The number of benzene rings is 2. The van der Waals surface area contributed by atoms with Crippen LogP contribution < -0.4 is 27.1 Å². The number of Topliss-reactive ketones (excluding diaryl/α,β-unsaturated/α-hetero) is 1. The van der Waals surface area contributed by atoms with Crippen LogP contribution in [0.25, 0.3) is 27.1 Å². The zero-order valence-electron chi connectivity index (χ0n) is 30.1. The average Bonchev–Trinajstić information content (AvgIpc) is 3.64. The van der Waals surface area contributed by atoms with E-state index in [0.717, 1.165) is 30.3 Å². The number of aromatic hydroxyl groups is 1. The van der Waals surface area contributed by atoms with Crippen molar-refractivity contribution in [3.05, 3.63) is 94.2 Å². The molecule has 0 fully saturated rings. The molecule has 0 saturated carbocycles. The highest BCUT2D eigenvalue weighted by Gasteiger charge is 2.43. The van der Waals surface area contributed by atoms with Gasteiger partial charge in [0.25, 0.3) is 28.1 Å². The van der Waals surface area contributed by atoms with Gasteiger partial charge in [0.15, 0.2) is 0 Å². The first-order chi connectivity index (χ1) is 24.9. The maximum absolute atomic E-state index is 13.5. The number of phenols is 1. The molecule has 2 N–H and O–H groups in total. The Kier molecular flexibility index (Phi) is 9.89. The molecule has 3 heterocycles. The Labute approximate surface area is 299 Å². The maximum Gasteiger partial charge on any atom is 0.276 e. The molecule has 0 spiro atoms. The molecule has 52 heavy (non-hydrogen) atoms. The molecule has 13 nitrogen and oxygen atoms in total. The van der Waals surface area contributed by atoms with E-state index in [1.54, 1.807) is 13.0 Å². The van der Waals surface area contributed by atoms with Crippen molar-refractivity contribution < 1.29 is 19.8 Å². The van der Waals surface area contributed by atoms with Gasteiger partial charge in [0.05, 0.1) is 44.0 Å². The van der Waals surface area contributed by atoms with Gasteiger partial charge in [-0.25, -0.2) is 5.01 Å². The number of ketones is 1. The third-order valence-corrected chi connectivity index (χ3v) is 10.3. The van der Waals surface area contributed by atoms with Crippen LogP contribution in [0.3, 0.4) is 0 Å². The van der Waals surface area contributed by atoms with Gasteiger partial charge in [-0.3, -0.25) is 37.9 Å². The van der Waals surface area contributed by atoms with Crippen molar-refractivity contribution in [2.75, 3.05) is 24.5 Å². The number of carbonyl (C=O) groups is 2. The summed E-state index contributed by atoms with van der Waals surface area (Å²) in [6, 6.07) is 7.06. The number of rotatable bonds is 14. The first-order valence-electron chi connectivity index (χ1n) is 18.0. The largest absolute Gasteiger partial charge is 0.507 e. The van der Waals surface area contributed by atoms with Gasteiger partial charge in [0, 0.05) is 49.5 Å². The number of phenolic OH excluding ortho intramolecular Hbond substituents is 1. The average molecular weight is 710 g/mol. The van der Waals surface area contributed by atoms with Crippen molar-refractivity contribution >= 4 is 50.2 Å². The summed E-state index contributed by atoms with van der Waals surface area (Å²) < 4.78 is 2.36. The van der Waals surface area contributed by atoms with Crippen LogP contribution in [-0.2, 0) is 16.1 Å². The van der Waals surface area contributed by atoms with Crippen LogP contribution in [0.15, 0.2) is 71.5 Å². The van der Waals surface area contributed by atoms with Crippen LogP contribution in [0.4, 0.5) is 5.69 Å². The Hall–Kier alpha value is -5.59. The predicted octanol–water partition coefficient (Wildman–Crippen LogP) is 4.45. The third-order valence-electron chi connectivity index (χ3n) is 10.3. The van der Waals surface area contributed by atoms with E-state index in [1.807, 2.05) is 32.6 Å². The van der Waals surface area contributed by atoms with E-state index < -0.39 is 33.9 Å². The minimum atomic E-state index is -0.572. The highest BCUT2D eigenvalue weighted by atomic mass is 16.3. The van der Waals surface area contributed by atoms with E-state index in [1.165, 1.54) is 33.8 Å². The molecule has 0 bridgehead atoms. The summed E-state index contributed by atoms with van der Waals surface area (Å²) in [5, 5.41) is 27.9. The highest BCUT2D eigenvalue weighted by Crippen LogP contribution is 2.43. The molecule has 0 radical (unpaired) electrons. The number of hydrogen-bond acceptors (Lipinski definition) is 10. The van der Waals surface area contributed by atoms with Gasteiger partial charge in [-0.05, 0) is 57.4 Å². The van der Waals surface area contributed by atoms with Crippen LogP contribution in [0.5, 0.6) is 5.75 Å². The SMILES string of the molecule is CCCCC(CC)n1c(=O)c2cc3c(=O)n(CCN(CC)c4ccc(C5=C(O)C(=C6C(=O)N(CCCC)N=C6C)C5=O)c(O)c4)c(=O)c3cc2c1=O. The Balaban J connectivity index is 1.25. The second kappa shape index (κ2) is 14.2. The van der Waals surface area contributed by atoms with E-state index in [-0.39, 0.29) is 74.5 Å². The summed E-state index contributed by atoms with van der Waals surface area (Å²) in [6.07, 6.45) is 4.69. The Morgan fingerprint density at radius 1 is 0.750 bits per heavy atom. The second-order valence-corrected chi connectivity index (χ2v) is 13.4. The Morgan fingerprint density at radius 2 is 1.37 bits per heavy atom. The van der Waals surface area contributed by atoms with E-state index in [9.17, 15) is 39.0 Å². The van der Waals surface area contributed by atoms with Gasteiger partial charge >= 0.3 is 0 Å². The smallest absolute Gasteiger partial charge is 0.276 e. The van der Waals surface area contributed by atoms with Gasteiger partial charge in [-0.1, -0.05) is 40.0 Å². The number of carbonyl (C=O) groups excluding carboxylic acids is 2. The summed E-state index contributed by atoms with van der Waals surface area (Å²) >= 11 is 0. The predicted molar refractivity (Wildman–Crippen MR) is 201 cm³/mol. The van der Waals surface area contributed by atoms with Crippen LogP contribution in [-0.4, -0.2) is 61.4 Å². The molecular weight excluding hydrogens is 666 g/mol. The minimum absolute atomic E-state index is 0.0120. The normalized spacial score (nSPS) is 16.8. The number of aliphatic hydroxyl groups excluding tert-OH is 1. The highest BCUT2D eigenvalue weighted by molar-refractivity contribution is 6.44. The second-order valence-electron chi connectivity index (χ2n) is 13.4. The lowest BCUT2D eigenvalue weighted by atomic mass is 9.79. The molecular formula is C39H43N5O8. The van der Waals surface area contributed by atoms with Gasteiger partial charge < -0.3 is 15.1 Å². The van der Waals surface area contributed by atoms with Crippen molar-refractivity contribution in [2.45, 2.75) is 85.7 Å². The monoisotopic (exact) mass is 709 g/mol. The lowest BCUT2D eigenvalue weighted by Gasteiger charge is -2.26. The first kappa shape index (κ1) is 36.2. The van der Waals surface area contributed by atoms with Crippen molar-refractivity contribution in [1.82, 2.24) is 14.1 Å². The number of likely N-dealkylation sites (N-methyl/N-ethyl adjacent to an activating group) is 1. The van der Waals surface area contributed by atoms with Crippen LogP contribution in [0.2, 0.25) is 0 Å². The molecule has 1 amide bonds. The fourth-order valence-electron chi connectivity index (χ4n) is 7.34. The number of fused-ring (bicyclic) bond motifs is 2. The Morgan fingerprint density at radius 3 is 1.90 bits per heavy atom. The third kappa shape index (κ3) is 5.77. The molecule has 4 aromatic rings. The fourth-order valence-corrected chi connectivity index (χ4v) is 7.34. The van der Waals surface area contributed by atoms with Crippen molar-refractivity contribution in [2.24, 2.45) is 5.10 Å². The van der Waals surface area contributed by atoms with E-state index in [0.29, 0.717) is 37.3 Å². The quantitative estimate of drug-likeness (QED) is 0.180. The zero-order valence-corrected chi connectivity index (χ0v) is 30.1. The number of anilines is 1. The van der Waals surface area contributed by atoms with Crippen molar-refractivity contribution in [3.8, 4) is 5.75 Å². The molecule has 6 rings (SSSR count). The number of amides is 1. The van der Waals surface area contributed by atoms with Gasteiger partial charge in [-0.2, -0.15) is 5.10 Å². The number of hydrogen-bond donors (Lipinski definition) is 2. The molecule has 13 heteroatoms. The van der Waals surface area contributed by atoms with Crippen LogP contribution in [0.1, 0.15) is 84.7 Å². The molecule has 2 aliphatic rings. The number of nitrogens with zero attached hydrogens (tertiary/aromatic N) is 5. The van der Waals surface area contributed by atoms with Gasteiger partial charge in [0.2, 0.25) is 5.78 Å². The number of allylic oxidation sites excluding steroid dienone is 2. The number of aromatic nitrogens is 2. The first-order valence-corrected chi connectivity index (χ1v) is 18.0. The standard InChI is InChI=1S/C39H43N5O8/c1-6-10-12-22(8-3)44-37(50)27-19-25-26(20-28(27)38(44)51)36(49)42(35(25)48)17-16-41(9-4)23-13-14-24(29(45)18-23)31-33(46)32(34(31)47)30-21(5)40-43(39(30)52)15-11-7-2/h13-14,18-20,22,45-46H,6-12,15-17H2,1-5H3. The lowest BCUT2D eigenvalue weighted by Crippen LogP contribution is -2.34. The van der Waals surface area contributed by atoms with E-state index in [4.69, 9.17) is 0 Å². The topological polar surface area (TPSA) is 172 Å². The number of aliphatic hydroxyl groups is 1. The van der Waals surface area contributed by atoms with E-state index in [2.05, 4.69) is 5.10 Å². The summed E-state index contributed by atoms with van der Waals surface area (Å²) in [7, 11) is 0. The molecule has 1 atom stereocenters. The van der Waals surface area contributed by atoms with Crippen molar-refractivity contribution in [1.29, 1.82) is 0 Å². The van der Waals surface area contributed by atoms with Gasteiger partial charge in [0.1, 0.15) is 11.5 Å². The number of hydrazone groups is 1. The van der Waals surface area contributed by atoms with Crippen LogP contribution in [0, 0.1) is 0 Å². The lowest BCUT2D eigenvalue weighted by molar-refractivity contribution is -0.126. The van der Waals surface area contributed by atoms with E-state index >= 15 is 0 Å². The van der Waals surface area contributed by atoms with Crippen molar-refractivity contribution in [3.63, 3.8) is 0 Å². The van der Waals surface area contributed by atoms with Gasteiger partial charge in [-0.15, -0.1) is 0 Å². The molecule has 0 saturated heterocycles. The summed E-state index contributed by atoms with van der Waals surface area (Å²) in [4.78, 5) is 81.7. The zero-order chi connectivity index (χ0) is 37.6.